The van der Waals surface area contributed by atoms with Crippen molar-refractivity contribution in [1.29, 1.82) is 0 Å². The Balaban J connectivity index is -0.00000000167. The number of hydrogen-bond acceptors (Lipinski definition) is 1. The summed E-state index contributed by atoms with van der Waals surface area (Å²) in [6.07, 6.45) is 0. The van der Waals surface area contributed by atoms with Gasteiger partial charge >= 0.3 is 92.0 Å². The van der Waals surface area contributed by atoms with Gasteiger partial charge in [0.25, 0.3) is 0 Å². The maximum absolute atomic E-state index is 8.28. The van der Waals surface area contributed by atoms with Crippen LogP contribution in [0.1, 0.15) is 0 Å². The Bertz CT molecular complexity index is 11.6. The third kappa shape index (κ3) is 20.7. The van der Waals surface area contributed by atoms with Crippen LogP contribution in [0.3, 0.4) is 0 Å². The minimum atomic E-state index is 0. The van der Waals surface area contributed by atoms with Crippen LogP contribution in [-0.4, -0.2) is 88.2 Å². The van der Waals surface area contributed by atoms with Crippen LogP contribution in [0.4, 0.5) is 4.70 Å². The van der Waals surface area contributed by atoms with E-state index in [1.54, 1.807) is 0 Å². The molecular formula is H6AlBaFMgO. The molecule has 0 rings (SSSR count). The molecule has 0 N–H and O–H groups in total. The van der Waals surface area contributed by atoms with Crippen LogP contribution >= 0.6 is 0 Å². The van der Waals surface area contributed by atoms with Crippen molar-refractivity contribution in [2.75, 3.05) is 0 Å². The molecule has 0 unspecified atom stereocenters. The zero-order chi connectivity index (χ0) is 2.00. The van der Waals surface area contributed by atoms with Gasteiger partial charge in [0.2, 0.25) is 0 Å². The molecule has 0 atom stereocenters. The van der Waals surface area contributed by atoms with Gasteiger partial charge < -0.3 is 0 Å². The van der Waals surface area contributed by atoms with Gasteiger partial charge in [0, 0.05) is 0 Å². The van der Waals surface area contributed by atoms with Crippen LogP contribution in [0.5, 0.6) is 0 Å². The average Bonchev–Trinajstić information content (AvgIpc) is 1.00. The molecule has 0 fully saturated rings. The van der Waals surface area contributed by atoms with Gasteiger partial charge in [-0.25, -0.2) is 0 Å². The first-order valence-electron chi connectivity index (χ1n) is 0.289. The van der Waals surface area contributed by atoms with E-state index in [0.29, 0.717) is 16.2 Å². The van der Waals surface area contributed by atoms with E-state index in [9.17, 15) is 0 Å². The molecule has 26 valence electrons. The summed E-state index contributed by atoms with van der Waals surface area (Å²) >= 11 is 0.611. The Kier molecular flexibility index (Phi) is 156. The van der Waals surface area contributed by atoms with Gasteiger partial charge in [0.1, 0.15) is 0 Å². The summed E-state index contributed by atoms with van der Waals surface area (Å²) in [6.45, 7) is 0. The Labute approximate surface area is 94.5 Å². The fourth-order valence-corrected chi connectivity index (χ4v) is 0. The van der Waals surface area contributed by atoms with Crippen LogP contribution in [0.25, 0.3) is 0 Å². The van der Waals surface area contributed by atoms with Crippen LogP contribution in [0, 0.1) is 0 Å². The van der Waals surface area contributed by atoms with Gasteiger partial charge in [-0.3, -0.25) is 4.70 Å². The van der Waals surface area contributed by atoms with Gasteiger partial charge in [0.15, 0.2) is 0 Å². The second kappa shape index (κ2) is 30.6. The molecule has 0 amide bonds. The quantitative estimate of drug-likeness (QED) is 0.422. The van der Waals surface area contributed by atoms with Crippen molar-refractivity contribution < 1.29 is 8.51 Å². The zero-order valence-electron chi connectivity index (χ0n) is 1.52. The van der Waals surface area contributed by atoms with E-state index >= 15 is 0 Å². The Hall–Kier alpha value is 2.60. The van der Waals surface area contributed by atoms with E-state index in [1.807, 2.05) is 0 Å². The first kappa shape index (κ1) is 25.5. The summed E-state index contributed by atoms with van der Waals surface area (Å²) in [6, 6.07) is 0. The molecule has 0 aliphatic rings. The van der Waals surface area contributed by atoms with Crippen molar-refractivity contribution in [2.45, 2.75) is 0 Å². The number of hydrogen-bond donors (Lipinski definition) is 0. The van der Waals surface area contributed by atoms with Crippen molar-refractivity contribution >= 4 is 88.2 Å². The predicted molar refractivity (Wildman–Crippen MR) is 27.4 cm³/mol. The molecule has 0 aliphatic carbocycles. The number of halogens is 1. The van der Waals surface area contributed by atoms with Crippen LogP contribution in [0.15, 0.2) is 0 Å². The molecule has 0 bridgehead atoms. The van der Waals surface area contributed by atoms with E-state index in [1.165, 1.54) is 0 Å². The second-order valence-electron chi connectivity index (χ2n) is 0. The Morgan fingerprint density at radius 2 is 1.20 bits per heavy atom. The molecule has 5 heteroatoms. The van der Waals surface area contributed by atoms with Gasteiger partial charge in [0.05, 0.1) is 0 Å². The SMILES string of the molecule is F.[BaH2].[MgH2].[O]=[AlH]. The molecule has 0 aliphatic heterocycles. The van der Waals surface area contributed by atoms with E-state index < -0.39 is 0 Å². The molecular weight excluding hydrogens is 224 g/mol. The third-order valence-electron chi connectivity index (χ3n) is 0. The van der Waals surface area contributed by atoms with Crippen molar-refractivity contribution in [3.8, 4) is 0 Å². The van der Waals surface area contributed by atoms with Gasteiger partial charge in [-0.05, 0) is 0 Å². The van der Waals surface area contributed by atoms with Gasteiger partial charge in [-0.2, -0.15) is 0 Å². The molecule has 5 heavy (non-hydrogen) atoms. The maximum atomic E-state index is 8.28. The zero-order valence-corrected chi connectivity index (χ0v) is 2.94. The van der Waals surface area contributed by atoms with Crippen molar-refractivity contribution in [3.05, 3.63) is 0 Å². The van der Waals surface area contributed by atoms with E-state index in [4.69, 9.17) is 3.80 Å². The summed E-state index contributed by atoms with van der Waals surface area (Å²) in [5.41, 5.74) is 0. The normalized spacial score (nSPS) is 0.600. The van der Waals surface area contributed by atoms with Crippen molar-refractivity contribution in [1.82, 2.24) is 0 Å². The molecule has 0 saturated carbocycles. The van der Waals surface area contributed by atoms with E-state index in [2.05, 4.69) is 0 Å². The molecule has 0 aromatic rings. The predicted octanol–water partition coefficient (Wildman–Crippen LogP) is -2.45. The number of rotatable bonds is 0. The molecule has 0 spiro atoms. The first-order valence-corrected chi connectivity index (χ1v) is 0.866. The fourth-order valence-electron chi connectivity index (χ4n) is 0. The van der Waals surface area contributed by atoms with Gasteiger partial charge in [-0.15, -0.1) is 0 Å². The minimum absolute atomic E-state index is 0. The molecule has 0 saturated heterocycles. The molecule has 0 radical (unpaired) electrons. The van der Waals surface area contributed by atoms with Crippen molar-refractivity contribution in [3.63, 3.8) is 0 Å². The summed E-state index contributed by atoms with van der Waals surface area (Å²) in [4.78, 5) is 0. The Morgan fingerprint density at radius 1 is 1.20 bits per heavy atom. The fraction of sp³-hybridized carbons (Fsp3) is 0. The van der Waals surface area contributed by atoms with Crippen molar-refractivity contribution in [2.24, 2.45) is 0 Å². The topological polar surface area (TPSA) is 17.1 Å². The standard InChI is InChI=1S/Al.Ba.FH.Mg.O.5H/h;;1H;;;;;;;. The van der Waals surface area contributed by atoms with Crippen LogP contribution in [0.2, 0.25) is 0 Å². The van der Waals surface area contributed by atoms with Crippen LogP contribution in [-0.2, 0) is 3.80 Å². The molecule has 0 heterocycles. The first-order chi connectivity index (χ1) is 1.00. The molecule has 0 aromatic heterocycles. The summed E-state index contributed by atoms with van der Waals surface area (Å²) in [5.74, 6) is 0. The average molecular weight is 230 g/mol. The Morgan fingerprint density at radius 3 is 1.20 bits per heavy atom. The van der Waals surface area contributed by atoms with Gasteiger partial charge in [-0.1, -0.05) is 0 Å². The molecule has 0 aromatic carbocycles. The summed E-state index contributed by atoms with van der Waals surface area (Å²) in [7, 11) is 0. The van der Waals surface area contributed by atoms with Crippen LogP contribution < -0.4 is 0 Å². The summed E-state index contributed by atoms with van der Waals surface area (Å²) < 4.78 is 8.28. The second-order valence-corrected chi connectivity index (χ2v) is 0. The summed E-state index contributed by atoms with van der Waals surface area (Å²) in [5, 5.41) is 0. The third-order valence-corrected chi connectivity index (χ3v) is 0. The molecule has 1 nitrogen and oxygen atoms in total. The van der Waals surface area contributed by atoms with E-state index in [-0.39, 0.29) is 76.6 Å². The monoisotopic (exact) mass is 230 g/mol. The van der Waals surface area contributed by atoms with E-state index in [0.717, 1.165) is 0 Å².